The Bertz CT molecular complexity index is 764. The zero-order valence-corrected chi connectivity index (χ0v) is 15.9. The zero-order chi connectivity index (χ0) is 19.7. The number of esters is 1. The number of rotatable bonds is 9. The minimum absolute atomic E-state index is 0.0197. The monoisotopic (exact) mass is 380 g/mol. The molecule has 0 saturated carbocycles. The molecule has 0 unspecified atom stereocenters. The average molecular weight is 380 g/mol. The second-order valence-corrected chi connectivity index (χ2v) is 7.92. The maximum atomic E-state index is 12.5. The largest absolute Gasteiger partial charge is 0.454 e. The lowest BCUT2D eigenvalue weighted by Crippen LogP contribution is -2.43. The first kappa shape index (κ1) is 21.7. The number of aryl methyl sites for hydroxylation is 1. The predicted molar refractivity (Wildman–Crippen MR) is 97.5 cm³/mol. The number of sulfonamides is 1. The van der Waals surface area contributed by atoms with Crippen molar-refractivity contribution in [3.63, 3.8) is 0 Å². The maximum absolute atomic E-state index is 12.5. The highest BCUT2D eigenvalue weighted by molar-refractivity contribution is 7.89. The van der Waals surface area contributed by atoms with E-state index < -0.39 is 34.5 Å². The van der Waals surface area contributed by atoms with Crippen LogP contribution in [-0.2, 0) is 24.3 Å². The Morgan fingerprint density at radius 1 is 1.23 bits per heavy atom. The van der Waals surface area contributed by atoms with E-state index in [1.165, 1.54) is 12.1 Å². The molecule has 0 aliphatic rings. The SMILES string of the molecule is C#CCNC(=O)COC(=O)[C@@H](CC(C)C)NS(=O)(=O)c1ccc(C)cc1. The van der Waals surface area contributed by atoms with Crippen molar-refractivity contribution >= 4 is 21.9 Å². The van der Waals surface area contributed by atoms with Gasteiger partial charge in [0, 0.05) is 0 Å². The first-order valence-corrected chi connectivity index (χ1v) is 9.60. The average Bonchev–Trinajstić information content (AvgIpc) is 2.57. The third-order valence-corrected chi connectivity index (χ3v) is 4.84. The van der Waals surface area contributed by atoms with Crippen molar-refractivity contribution in [3.8, 4) is 12.3 Å². The van der Waals surface area contributed by atoms with E-state index in [9.17, 15) is 18.0 Å². The van der Waals surface area contributed by atoms with Gasteiger partial charge in [-0.1, -0.05) is 37.5 Å². The van der Waals surface area contributed by atoms with E-state index in [1.807, 2.05) is 20.8 Å². The van der Waals surface area contributed by atoms with Crippen molar-refractivity contribution in [1.82, 2.24) is 10.0 Å². The lowest BCUT2D eigenvalue weighted by Gasteiger charge is -2.19. The van der Waals surface area contributed by atoms with E-state index in [0.29, 0.717) is 0 Å². The molecular formula is C18H24N2O5S. The molecule has 0 radical (unpaired) electrons. The van der Waals surface area contributed by atoms with Gasteiger partial charge in [-0.25, -0.2) is 8.42 Å². The molecule has 0 saturated heterocycles. The zero-order valence-electron chi connectivity index (χ0n) is 15.1. The van der Waals surface area contributed by atoms with Crippen molar-refractivity contribution in [3.05, 3.63) is 29.8 Å². The van der Waals surface area contributed by atoms with Crippen LogP contribution in [0.5, 0.6) is 0 Å². The van der Waals surface area contributed by atoms with Gasteiger partial charge >= 0.3 is 5.97 Å². The topological polar surface area (TPSA) is 102 Å². The Balaban J connectivity index is 2.82. The fraction of sp³-hybridized carbons (Fsp3) is 0.444. The normalized spacial score (nSPS) is 12.3. The van der Waals surface area contributed by atoms with Crippen molar-refractivity contribution in [2.75, 3.05) is 13.2 Å². The molecule has 0 spiro atoms. The summed E-state index contributed by atoms with van der Waals surface area (Å²) in [5.74, 6) is 0.886. The molecule has 1 amide bonds. The molecule has 1 atom stereocenters. The molecule has 0 fully saturated rings. The molecule has 1 aromatic rings. The van der Waals surface area contributed by atoms with Crippen LogP contribution in [0.25, 0.3) is 0 Å². The number of terminal acetylenes is 1. The van der Waals surface area contributed by atoms with Gasteiger partial charge in [-0.3, -0.25) is 9.59 Å². The van der Waals surface area contributed by atoms with E-state index in [2.05, 4.69) is 16.0 Å². The summed E-state index contributed by atoms with van der Waals surface area (Å²) < 4.78 is 32.3. The smallest absolute Gasteiger partial charge is 0.324 e. The lowest BCUT2D eigenvalue weighted by atomic mass is 10.1. The first-order valence-electron chi connectivity index (χ1n) is 8.11. The van der Waals surface area contributed by atoms with Crippen LogP contribution in [0, 0.1) is 25.2 Å². The fourth-order valence-electron chi connectivity index (χ4n) is 2.07. The van der Waals surface area contributed by atoms with Gasteiger partial charge in [-0.05, 0) is 31.4 Å². The van der Waals surface area contributed by atoms with Gasteiger partial charge in [0.15, 0.2) is 6.61 Å². The summed E-state index contributed by atoms with van der Waals surface area (Å²) in [6.07, 6.45) is 5.25. The summed E-state index contributed by atoms with van der Waals surface area (Å²) in [4.78, 5) is 23.8. The van der Waals surface area contributed by atoms with Crippen LogP contribution in [0.3, 0.4) is 0 Å². The van der Waals surface area contributed by atoms with Crippen LogP contribution in [0.4, 0.5) is 0 Å². The van der Waals surface area contributed by atoms with Crippen LogP contribution < -0.4 is 10.0 Å². The second-order valence-electron chi connectivity index (χ2n) is 6.21. The summed E-state index contributed by atoms with van der Waals surface area (Å²) in [6, 6.07) is 5.16. The van der Waals surface area contributed by atoms with E-state index >= 15 is 0 Å². The van der Waals surface area contributed by atoms with Crippen LogP contribution in [0.2, 0.25) is 0 Å². The number of hydrogen-bond donors (Lipinski definition) is 2. The summed E-state index contributed by atoms with van der Waals surface area (Å²) in [5, 5.41) is 2.36. The number of amides is 1. The standard InChI is InChI=1S/C18H24N2O5S/c1-5-10-19-17(21)12-25-18(22)16(11-13(2)3)20-26(23,24)15-8-6-14(4)7-9-15/h1,6-9,13,16,20H,10-12H2,2-4H3,(H,19,21)/t16-/m1/s1. The Morgan fingerprint density at radius 2 is 1.85 bits per heavy atom. The fourth-order valence-corrected chi connectivity index (χ4v) is 3.27. The van der Waals surface area contributed by atoms with Gasteiger partial charge in [-0.15, -0.1) is 6.42 Å². The molecule has 1 aromatic carbocycles. The number of hydrogen-bond acceptors (Lipinski definition) is 5. The summed E-state index contributed by atoms with van der Waals surface area (Å²) >= 11 is 0. The molecule has 7 nitrogen and oxygen atoms in total. The lowest BCUT2D eigenvalue weighted by molar-refractivity contribution is -0.150. The Labute approximate surface area is 154 Å². The van der Waals surface area contributed by atoms with Crippen LogP contribution >= 0.6 is 0 Å². The molecule has 1 rings (SSSR count). The first-order chi connectivity index (χ1) is 12.2. The predicted octanol–water partition coefficient (Wildman–Crippen LogP) is 0.981. The van der Waals surface area contributed by atoms with Crippen molar-refractivity contribution in [2.45, 2.75) is 38.1 Å². The highest BCUT2D eigenvalue weighted by atomic mass is 32.2. The highest BCUT2D eigenvalue weighted by Gasteiger charge is 2.28. The van der Waals surface area contributed by atoms with Gasteiger partial charge < -0.3 is 10.1 Å². The Hall–Kier alpha value is -2.37. The van der Waals surface area contributed by atoms with E-state index in [0.717, 1.165) is 5.56 Å². The van der Waals surface area contributed by atoms with Crippen molar-refractivity contribution in [2.24, 2.45) is 5.92 Å². The minimum Gasteiger partial charge on any atom is -0.454 e. The Morgan fingerprint density at radius 3 is 2.38 bits per heavy atom. The van der Waals surface area contributed by atoms with Gasteiger partial charge in [0.25, 0.3) is 5.91 Å². The highest BCUT2D eigenvalue weighted by Crippen LogP contribution is 2.14. The van der Waals surface area contributed by atoms with Gasteiger partial charge in [0.2, 0.25) is 10.0 Å². The van der Waals surface area contributed by atoms with Crippen molar-refractivity contribution < 1.29 is 22.7 Å². The Kier molecular flexibility index (Phi) is 8.29. The van der Waals surface area contributed by atoms with Gasteiger partial charge in [0.1, 0.15) is 6.04 Å². The van der Waals surface area contributed by atoms with Crippen molar-refractivity contribution in [1.29, 1.82) is 0 Å². The number of nitrogens with one attached hydrogen (secondary N) is 2. The quantitative estimate of drug-likeness (QED) is 0.491. The van der Waals surface area contributed by atoms with Gasteiger partial charge in [0.05, 0.1) is 11.4 Å². The minimum atomic E-state index is -3.90. The summed E-state index contributed by atoms with van der Waals surface area (Å²) in [7, 11) is -3.90. The maximum Gasteiger partial charge on any atom is 0.324 e. The van der Waals surface area contributed by atoms with E-state index in [-0.39, 0.29) is 23.8 Å². The second kappa shape index (κ2) is 9.94. The molecule has 0 aliphatic heterocycles. The number of carbonyl (C=O) groups excluding carboxylic acids is 2. The van der Waals surface area contributed by atoms with E-state index in [4.69, 9.17) is 11.2 Å². The van der Waals surface area contributed by atoms with Crippen LogP contribution in [0.15, 0.2) is 29.2 Å². The molecule has 2 N–H and O–H groups in total. The molecule has 0 aliphatic carbocycles. The number of ether oxygens (including phenoxy) is 1. The molecule has 0 aromatic heterocycles. The van der Waals surface area contributed by atoms with Crippen LogP contribution in [-0.4, -0.2) is 39.5 Å². The van der Waals surface area contributed by atoms with E-state index in [1.54, 1.807) is 12.1 Å². The summed E-state index contributed by atoms with van der Waals surface area (Å²) in [5.41, 5.74) is 0.917. The molecule has 0 heterocycles. The summed E-state index contributed by atoms with van der Waals surface area (Å²) in [6.45, 7) is 5.03. The third kappa shape index (κ3) is 7.25. The molecular weight excluding hydrogens is 356 g/mol. The van der Waals surface area contributed by atoms with Crippen LogP contribution in [0.1, 0.15) is 25.8 Å². The molecule has 26 heavy (non-hydrogen) atoms. The molecule has 8 heteroatoms. The number of benzene rings is 1. The van der Waals surface area contributed by atoms with Gasteiger partial charge in [-0.2, -0.15) is 4.72 Å². The molecule has 0 bridgehead atoms. The molecule has 142 valence electrons. The number of carbonyl (C=O) groups is 2. The third-order valence-electron chi connectivity index (χ3n) is 3.35.